The van der Waals surface area contributed by atoms with Gasteiger partial charge in [0.25, 0.3) is 0 Å². The maximum Gasteiger partial charge on any atom is 0.341 e. The van der Waals surface area contributed by atoms with Gasteiger partial charge < -0.3 is 9.50 Å². The van der Waals surface area contributed by atoms with Crippen LogP contribution in [0.1, 0.15) is 6.92 Å². The molecule has 1 atom stereocenters. The van der Waals surface area contributed by atoms with Crippen LogP contribution in [0.5, 0.6) is 0 Å². The minimum absolute atomic E-state index is 0.193. The van der Waals surface area contributed by atoms with E-state index in [2.05, 4.69) is 35.0 Å². The highest BCUT2D eigenvalue weighted by Crippen LogP contribution is 1.93. The molecule has 0 heterocycles. The third kappa shape index (κ3) is 4.15. The third-order valence-corrected chi connectivity index (χ3v) is 1.48. The minimum atomic E-state index is -0.715. The van der Waals surface area contributed by atoms with Gasteiger partial charge in [-0.3, -0.25) is 4.79 Å². The SMILES string of the molecule is CC(=O)NC(CS)C(=O)OS. The van der Waals surface area contributed by atoms with E-state index in [0.717, 1.165) is 0 Å². The Morgan fingerprint density at radius 3 is 2.45 bits per heavy atom. The summed E-state index contributed by atoms with van der Waals surface area (Å²) in [5.74, 6) is -0.722. The predicted octanol–water partition coefficient (Wildman–Crippen LogP) is -0.191. The Bertz CT molecular complexity index is 162. The number of amides is 1. The zero-order valence-electron chi connectivity index (χ0n) is 5.90. The molecule has 0 aliphatic carbocycles. The Hall–Kier alpha value is -0.360. The normalized spacial score (nSPS) is 11.9. The Morgan fingerprint density at radius 2 is 2.18 bits per heavy atom. The molecule has 4 nitrogen and oxygen atoms in total. The summed E-state index contributed by atoms with van der Waals surface area (Å²) in [6.07, 6.45) is 0. The summed E-state index contributed by atoms with van der Waals surface area (Å²) >= 11 is 7.13. The number of carbonyl (C=O) groups excluding carboxylic acids is 2. The van der Waals surface area contributed by atoms with Crippen molar-refractivity contribution in [2.75, 3.05) is 5.75 Å². The molecule has 0 aliphatic rings. The lowest BCUT2D eigenvalue weighted by atomic mass is 10.3. The van der Waals surface area contributed by atoms with E-state index in [0.29, 0.717) is 0 Å². The van der Waals surface area contributed by atoms with Gasteiger partial charge in [0.1, 0.15) is 6.04 Å². The highest BCUT2D eigenvalue weighted by molar-refractivity contribution is 7.80. The molecular weight excluding hydrogens is 186 g/mol. The number of carbonyl (C=O) groups is 2. The molecule has 0 radical (unpaired) electrons. The van der Waals surface area contributed by atoms with Gasteiger partial charge in [-0.2, -0.15) is 12.6 Å². The van der Waals surface area contributed by atoms with Gasteiger partial charge in [-0.25, -0.2) is 4.79 Å². The van der Waals surface area contributed by atoms with Crippen molar-refractivity contribution in [3.05, 3.63) is 0 Å². The first kappa shape index (κ1) is 10.6. The standard InChI is InChI=1S/C5H9NO3S2/c1-3(7)6-4(2-10)5(8)9-11/h4,10-11H,2H2,1H3,(H,6,7). The number of rotatable bonds is 3. The average molecular weight is 195 g/mol. The van der Waals surface area contributed by atoms with Crippen molar-refractivity contribution >= 4 is 37.4 Å². The van der Waals surface area contributed by atoms with Crippen molar-refractivity contribution in [3.63, 3.8) is 0 Å². The van der Waals surface area contributed by atoms with E-state index in [4.69, 9.17) is 0 Å². The van der Waals surface area contributed by atoms with Crippen molar-refractivity contribution in [3.8, 4) is 0 Å². The molecule has 1 N–H and O–H groups in total. The highest BCUT2D eigenvalue weighted by atomic mass is 32.1. The van der Waals surface area contributed by atoms with Gasteiger partial charge in [-0.15, -0.1) is 0 Å². The zero-order chi connectivity index (χ0) is 8.85. The van der Waals surface area contributed by atoms with Crippen LogP contribution < -0.4 is 5.32 Å². The first-order valence-electron chi connectivity index (χ1n) is 2.85. The topological polar surface area (TPSA) is 55.4 Å². The quantitative estimate of drug-likeness (QED) is 0.432. The van der Waals surface area contributed by atoms with Crippen LogP contribution in [0.25, 0.3) is 0 Å². The van der Waals surface area contributed by atoms with E-state index in [-0.39, 0.29) is 11.7 Å². The number of thiol groups is 2. The Kier molecular flexibility index (Phi) is 5.14. The van der Waals surface area contributed by atoms with Gasteiger partial charge in [0, 0.05) is 25.6 Å². The van der Waals surface area contributed by atoms with Crippen molar-refractivity contribution in [1.82, 2.24) is 5.32 Å². The summed E-state index contributed by atoms with van der Waals surface area (Å²) in [5, 5.41) is 2.34. The second kappa shape index (κ2) is 5.31. The first-order valence-corrected chi connectivity index (χ1v) is 3.84. The average Bonchev–Trinajstić information content (AvgIpc) is 1.98. The summed E-state index contributed by atoms with van der Waals surface area (Å²) in [7, 11) is 0. The van der Waals surface area contributed by atoms with Crippen LogP contribution in [0.2, 0.25) is 0 Å². The van der Waals surface area contributed by atoms with Gasteiger partial charge in [0.05, 0.1) is 0 Å². The van der Waals surface area contributed by atoms with Crippen LogP contribution in [-0.4, -0.2) is 23.7 Å². The smallest absolute Gasteiger partial charge is 0.341 e. The maximum atomic E-state index is 10.7. The number of hydrogen-bond donors (Lipinski definition) is 3. The van der Waals surface area contributed by atoms with Crippen LogP contribution in [0.15, 0.2) is 0 Å². The van der Waals surface area contributed by atoms with Crippen molar-refractivity contribution in [2.45, 2.75) is 13.0 Å². The molecule has 1 unspecified atom stereocenters. The molecule has 1 amide bonds. The fourth-order valence-electron chi connectivity index (χ4n) is 0.488. The van der Waals surface area contributed by atoms with E-state index >= 15 is 0 Å². The van der Waals surface area contributed by atoms with E-state index in [9.17, 15) is 9.59 Å². The Morgan fingerprint density at radius 1 is 1.64 bits per heavy atom. The molecule has 0 aromatic rings. The summed E-state index contributed by atoms with van der Waals surface area (Å²) < 4.78 is 4.10. The molecule has 64 valence electrons. The molecule has 11 heavy (non-hydrogen) atoms. The monoisotopic (exact) mass is 195 g/mol. The summed E-state index contributed by atoms with van der Waals surface area (Å²) in [5.41, 5.74) is 0. The van der Waals surface area contributed by atoms with Crippen molar-refractivity contribution in [2.24, 2.45) is 0 Å². The van der Waals surface area contributed by atoms with E-state index in [1.807, 2.05) is 0 Å². The molecule has 0 aliphatic heterocycles. The number of nitrogens with one attached hydrogen (secondary N) is 1. The second-order valence-electron chi connectivity index (χ2n) is 1.85. The van der Waals surface area contributed by atoms with Crippen molar-refractivity contribution < 1.29 is 13.8 Å². The summed E-state index contributed by atoms with van der Waals surface area (Å²) in [6.45, 7) is 1.31. The summed E-state index contributed by atoms with van der Waals surface area (Å²) in [4.78, 5) is 21.2. The fourth-order valence-corrected chi connectivity index (χ4v) is 0.856. The highest BCUT2D eigenvalue weighted by Gasteiger charge is 2.17. The molecule has 0 spiro atoms. The van der Waals surface area contributed by atoms with E-state index in [1.165, 1.54) is 6.92 Å². The zero-order valence-corrected chi connectivity index (χ0v) is 7.69. The molecule has 0 bridgehead atoms. The largest absolute Gasteiger partial charge is 0.393 e. The van der Waals surface area contributed by atoms with E-state index < -0.39 is 12.0 Å². The van der Waals surface area contributed by atoms with Crippen LogP contribution in [-0.2, 0) is 13.8 Å². The molecular formula is C5H9NO3S2. The van der Waals surface area contributed by atoms with Gasteiger partial charge in [-0.05, 0) is 0 Å². The second-order valence-corrected chi connectivity index (χ2v) is 2.39. The van der Waals surface area contributed by atoms with E-state index in [1.54, 1.807) is 0 Å². The molecule has 0 aromatic carbocycles. The van der Waals surface area contributed by atoms with Gasteiger partial charge in [-0.1, -0.05) is 0 Å². The molecule has 6 heteroatoms. The lowest BCUT2D eigenvalue weighted by Crippen LogP contribution is -2.41. The van der Waals surface area contributed by atoms with Gasteiger partial charge in [0.2, 0.25) is 5.91 Å². The van der Waals surface area contributed by atoms with Crippen LogP contribution in [0.3, 0.4) is 0 Å². The molecule has 0 fully saturated rings. The van der Waals surface area contributed by atoms with Crippen molar-refractivity contribution in [1.29, 1.82) is 0 Å². The Labute approximate surface area is 75.7 Å². The van der Waals surface area contributed by atoms with Crippen LogP contribution in [0, 0.1) is 0 Å². The lowest BCUT2D eigenvalue weighted by molar-refractivity contribution is -0.137. The predicted molar refractivity (Wildman–Crippen MR) is 46.5 cm³/mol. The molecule has 0 saturated carbocycles. The third-order valence-electron chi connectivity index (χ3n) is 0.935. The minimum Gasteiger partial charge on any atom is -0.393 e. The van der Waals surface area contributed by atoms with Crippen LogP contribution >= 0.6 is 25.5 Å². The molecule has 0 aromatic heterocycles. The van der Waals surface area contributed by atoms with Gasteiger partial charge in [0.15, 0.2) is 0 Å². The Balaban J connectivity index is 3.94. The molecule has 0 saturated heterocycles. The van der Waals surface area contributed by atoms with Crippen LogP contribution in [0.4, 0.5) is 0 Å². The summed E-state index contributed by atoms with van der Waals surface area (Å²) in [6, 6.07) is -0.715. The molecule has 0 rings (SSSR count). The lowest BCUT2D eigenvalue weighted by Gasteiger charge is -2.10. The first-order chi connectivity index (χ1) is 5.11. The fraction of sp³-hybridized carbons (Fsp3) is 0.600. The van der Waals surface area contributed by atoms with Gasteiger partial charge >= 0.3 is 5.97 Å². The number of hydrogen-bond acceptors (Lipinski definition) is 5. The maximum absolute atomic E-state index is 10.7.